The maximum atomic E-state index is 12.8. The average Bonchev–Trinajstić information content (AvgIpc) is 2.75. The first kappa shape index (κ1) is 21.4. The highest BCUT2D eigenvalue weighted by Gasteiger charge is 2.25. The van der Waals surface area contributed by atoms with E-state index in [1.807, 2.05) is 12.1 Å². The second-order valence-corrected chi connectivity index (χ2v) is 7.22. The van der Waals surface area contributed by atoms with Crippen molar-refractivity contribution in [3.8, 4) is 11.5 Å². The predicted octanol–water partition coefficient (Wildman–Crippen LogP) is 5.00. The van der Waals surface area contributed by atoms with E-state index in [1.54, 1.807) is 19.1 Å². The Morgan fingerprint density at radius 2 is 1.77 bits per heavy atom. The molecule has 1 aliphatic carbocycles. The molecule has 160 valence electrons. The molecule has 8 heteroatoms. The van der Waals surface area contributed by atoms with Gasteiger partial charge in [-0.1, -0.05) is 19.3 Å². The molecule has 1 fully saturated rings. The Labute approximate surface area is 175 Å². The average molecular weight is 413 g/mol. The number of amides is 1. The Kier molecular flexibility index (Phi) is 7.11. The molecule has 1 saturated carbocycles. The Hall–Kier alpha value is -3.29. The third-order valence-electron chi connectivity index (χ3n) is 5.14. The van der Waals surface area contributed by atoms with E-state index >= 15 is 0 Å². The summed E-state index contributed by atoms with van der Waals surface area (Å²) in [5.74, 6) is -0.0979. The Balaban J connectivity index is 1.76. The lowest BCUT2D eigenvalue weighted by molar-refractivity contribution is -0.385. The summed E-state index contributed by atoms with van der Waals surface area (Å²) in [6, 6.07) is 10.4. The van der Waals surface area contributed by atoms with Crippen LogP contribution in [0.3, 0.4) is 0 Å². The summed E-state index contributed by atoms with van der Waals surface area (Å²) in [6.45, 7) is 2.12. The van der Waals surface area contributed by atoms with Crippen molar-refractivity contribution in [3.63, 3.8) is 0 Å². The number of carbonyl (C=O) groups excluding carboxylic acids is 1. The lowest BCUT2D eigenvalue weighted by Gasteiger charge is -2.23. The van der Waals surface area contributed by atoms with E-state index in [0.29, 0.717) is 18.3 Å². The summed E-state index contributed by atoms with van der Waals surface area (Å²) < 4.78 is 10.6. The highest BCUT2D eigenvalue weighted by molar-refractivity contribution is 6.07. The van der Waals surface area contributed by atoms with E-state index in [-0.39, 0.29) is 22.7 Å². The lowest BCUT2D eigenvalue weighted by Crippen LogP contribution is -2.22. The maximum absolute atomic E-state index is 12.8. The molecule has 0 heterocycles. The minimum Gasteiger partial charge on any atom is -0.493 e. The van der Waals surface area contributed by atoms with E-state index in [0.717, 1.165) is 5.69 Å². The molecule has 0 spiro atoms. The van der Waals surface area contributed by atoms with Crippen LogP contribution in [0.5, 0.6) is 11.5 Å². The molecule has 2 aromatic carbocycles. The fraction of sp³-hybridized carbons (Fsp3) is 0.409. The fourth-order valence-electron chi connectivity index (χ4n) is 3.64. The van der Waals surface area contributed by atoms with E-state index in [1.165, 1.54) is 51.3 Å². The number of anilines is 2. The third-order valence-corrected chi connectivity index (χ3v) is 5.14. The van der Waals surface area contributed by atoms with Gasteiger partial charge in [0, 0.05) is 23.5 Å². The monoisotopic (exact) mass is 413 g/mol. The molecule has 0 aliphatic heterocycles. The summed E-state index contributed by atoms with van der Waals surface area (Å²) in [7, 11) is 1.39. The minimum absolute atomic E-state index is 0.0892. The zero-order valence-electron chi connectivity index (χ0n) is 17.3. The number of rotatable bonds is 8. The molecular formula is C22H27N3O5. The first-order valence-electron chi connectivity index (χ1n) is 10.2. The molecule has 2 N–H and O–H groups in total. The van der Waals surface area contributed by atoms with Crippen molar-refractivity contribution < 1.29 is 19.2 Å². The quantitative estimate of drug-likeness (QED) is 0.466. The minimum atomic E-state index is -0.607. The number of methoxy groups -OCH3 is 1. The summed E-state index contributed by atoms with van der Waals surface area (Å²) in [4.78, 5) is 23.6. The SMILES string of the molecule is CCOc1cc(C(=O)Nc2ccc(NC3CCCCC3)cc2)c([N+](=O)[O-])cc1OC. The highest BCUT2D eigenvalue weighted by atomic mass is 16.6. The van der Waals surface area contributed by atoms with Crippen LogP contribution in [0.1, 0.15) is 49.4 Å². The van der Waals surface area contributed by atoms with Crippen LogP contribution in [-0.2, 0) is 0 Å². The van der Waals surface area contributed by atoms with Gasteiger partial charge in [0.05, 0.1) is 24.7 Å². The van der Waals surface area contributed by atoms with E-state index in [9.17, 15) is 14.9 Å². The lowest BCUT2D eigenvalue weighted by atomic mass is 9.95. The first-order valence-corrected chi connectivity index (χ1v) is 10.2. The molecule has 1 aliphatic rings. The second kappa shape index (κ2) is 9.96. The van der Waals surface area contributed by atoms with Crippen LogP contribution in [0.2, 0.25) is 0 Å². The van der Waals surface area contributed by atoms with Crippen LogP contribution >= 0.6 is 0 Å². The number of nitrogens with zero attached hydrogens (tertiary/aromatic N) is 1. The molecule has 0 aromatic heterocycles. The normalized spacial score (nSPS) is 14.1. The molecular weight excluding hydrogens is 386 g/mol. The van der Waals surface area contributed by atoms with Crippen LogP contribution in [-0.4, -0.2) is 30.6 Å². The Bertz CT molecular complexity index is 892. The molecule has 0 saturated heterocycles. The highest BCUT2D eigenvalue weighted by Crippen LogP contribution is 2.35. The summed E-state index contributed by atoms with van der Waals surface area (Å²) in [5, 5.41) is 17.7. The zero-order valence-corrected chi connectivity index (χ0v) is 17.3. The van der Waals surface area contributed by atoms with Crippen molar-refractivity contribution in [3.05, 3.63) is 52.1 Å². The third kappa shape index (κ3) is 5.20. The Morgan fingerprint density at radius 1 is 1.10 bits per heavy atom. The van der Waals surface area contributed by atoms with Crippen molar-refractivity contribution in [2.45, 2.75) is 45.1 Å². The van der Waals surface area contributed by atoms with Crippen LogP contribution < -0.4 is 20.1 Å². The zero-order chi connectivity index (χ0) is 21.5. The van der Waals surface area contributed by atoms with Crippen molar-refractivity contribution in [2.75, 3.05) is 24.4 Å². The standard InChI is InChI=1S/C22H27N3O5/c1-3-30-21-13-18(19(25(27)28)14-20(21)29-2)22(26)24-17-11-9-16(10-12-17)23-15-7-5-4-6-8-15/h9-15,23H,3-8H2,1-2H3,(H,24,26). The van der Waals surface area contributed by atoms with Crippen molar-refractivity contribution in [1.82, 2.24) is 0 Å². The number of nitrogens with one attached hydrogen (secondary N) is 2. The number of carbonyl (C=O) groups is 1. The van der Waals surface area contributed by atoms with Gasteiger partial charge in [-0.3, -0.25) is 14.9 Å². The topological polar surface area (TPSA) is 103 Å². The molecule has 1 amide bonds. The van der Waals surface area contributed by atoms with Crippen molar-refractivity contribution in [2.24, 2.45) is 0 Å². The second-order valence-electron chi connectivity index (χ2n) is 7.22. The van der Waals surface area contributed by atoms with E-state index in [2.05, 4.69) is 10.6 Å². The smallest absolute Gasteiger partial charge is 0.286 e. The first-order chi connectivity index (χ1) is 14.5. The number of ether oxygens (including phenoxy) is 2. The molecule has 0 atom stereocenters. The summed E-state index contributed by atoms with van der Waals surface area (Å²) in [5.41, 5.74) is 1.11. The van der Waals surface area contributed by atoms with Crippen molar-refractivity contribution in [1.29, 1.82) is 0 Å². The molecule has 0 bridgehead atoms. The van der Waals surface area contributed by atoms with Crippen LogP contribution in [0.25, 0.3) is 0 Å². The molecule has 0 radical (unpaired) electrons. The van der Waals surface area contributed by atoms with Gasteiger partial charge in [-0.05, 0) is 44.0 Å². The van der Waals surface area contributed by atoms with Gasteiger partial charge in [-0.25, -0.2) is 0 Å². The van der Waals surface area contributed by atoms with Crippen LogP contribution in [0, 0.1) is 10.1 Å². The molecule has 0 unspecified atom stereocenters. The van der Waals surface area contributed by atoms with Gasteiger partial charge in [-0.2, -0.15) is 0 Å². The summed E-state index contributed by atoms with van der Waals surface area (Å²) >= 11 is 0. The molecule has 8 nitrogen and oxygen atoms in total. The molecule has 30 heavy (non-hydrogen) atoms. The van der Waals surface area contributed by atoms with Crippen LogP contribution in [0.15, 0.2) is 36.4 Å². The number of hydrogen-bond acceptors (Lipinski definition) is 6. The number of nitro benzene ring substituents is 1. The van der Waals surface area contributed by atoms with Gasteiger partial charge in [0.25, 0.3) is 11.6 Å². The number of hydrogen-bond donors (Lipinski definition) is 2. The van der Waals surface area contributed by atoms with Gasteiger partial charge < -0.3 is 20.1 Å². The van der Waals surface area contributed by atoms with Gasteiger partial charge in [0.1, 0.15) is 5.56 Å². The van der Waals surface area contributed by atoms with Crippen molar-refractivity contribution >= 4 is 23.0 Å². The number of nitro groups is 1. The largest absolute Gasteiger partial charge is 0.493 e. The van der Waals surface area contributed by atoms with E-state index in [4.69, 9.17) is 9.47 Å². The van der Waals surface area contributed by atoms with Gasteiger partial charge >= 0.3 is 0 Å². The number of benzene rings is 2. The van der Waals surface area contributed by atoms with Gasteiger partial charge in [-0.15, -0.1) is 0 Å². The van der Waals surface area contributed by atoms with Crippen LogP contribution in [0.4, 0.5) is 17.1 Å². The molecule has 2 aromatic rings. The van der Waals surface area contributed by atoms with Gasteiger partial charge in [0.2, 0.25) is 0 Å². The maximum Gasteiger partial charge on any atom is 0.286 e. The van der Waals surface area contributed by atoms with E-state index < -0.39 is 10.8 Å². The fourth-order valence-corrected chi connectivity index (χ4v) is 3.64. The predicted molar refractivity (Wildman–Crippen MR) is 116 cm³/mol. The summed E-state index contributed by atoms with van der Waals surface area (Å²) in [6.07, 6.45) is 6.13. The Morgan fingerprint density at radius 3 is 2.37 bits per heavy atom. The van der Waals surface area contributed by atoms with Gasteiger partial charge in [0.15, 0.2) is 11.5 Å². The molecule has 3 rings (SSSR count).